The predicted octanol–water partition coefficient (Wildman–Crippen LogP) is 2.54. The maximum Gasteiger partial charge on any atom is 0.0897 e. The van der Waals surface area contributed by atoms with Gasteiger partial charge in [0.15, 0.2) is 0 Å². The van der Waals surface area contributed by atoms with Crippen LogP contribution in [0.5, 0.6) is 0 Å². The van der Waals surface area contributed by atoms with Gasteiger partial charge in [-0.25, -0.2) is 4.98 Å². The monoisotopic (exact) mass is 266 g/mol. The standard InChI is InChI=1S/C14H22N2OS/c1-3-15-13(6-10-8-18-9(2)16-10)12-7-11-4-5-14(12)17-11/h8,11-15H,3-7H2,1-2H3. The Morgan fingerprint density at radius 3 is 3.00 bits per heavy atom. The van der Waals surface area contributed by atoms with Gasteiger partial charge in [-0.15, -0.1) is 11.3 Å². The fourth-order valence-corrected chi connectivity index (χ4v) is 4.09. The van der Waals surface area contributed by atoms with Gasteiger partial charge in [0, 0.05) is 23.8 Å². The Morgan fingerprint density at radius 1 is 1.56 bits per heavy atom. The molecule has 0 spiro atoms. The SMILES string of the molecule is CCNC(Cc1csc(C)n1)C1CC2CCC1O2. The molecule has 2 aliphatic heterocycles. The van der Waals surface area contributed by atoms with Crippen LogP contribution in [0.25, 0.3) is 0 Å². The molecule has 2 fully saturated rings. The van der Waals surface area contributed by atoms with Gasteiger partial charge in [0.25, 0.3) is 0 Å². The van der Waals surface area contributed by atoms with Crippen LogP contribution >= 0.6 is 11.3 Å². The molecule has 1 aromatic heterocycles. The zero-order valence-electron chi connectivity index (χ0n) is 11.2. The number of thiazole rings is 1. The molecular formula is C14H22N2OS. The molecule has 2 aliphatic rings. The number of nitrogens with zero attached hydrogens (tertiary/aromatic N) is 1. The number of aryl methyl sites for hydroxylation is 1. The van der Waals surface area contributed by atoms with E-state index in [0.717, 1.165) is 13.0 Å². The van der Waals surface area contributed by atoms with E-state index in [1.165, 1.54) is 30.0 Å². The Morgan fingerprint density at radius 2 is 2.44 bits per heavy atom. The minimum atomic E-state index is 0.499. The summed E-state index contributed by atoms with van der Waals surface area (Å²) in [6.45, 7) is 5.30. The first-order chi connectivity index (χ1) is 8.76. The molecule has 4 unspecified atom stereocenters. The Balaban J connectivity index is 1.68. The van der Waals surface area contributed by atoms with E-state index in [0.29, 0.717) is 24.2 Å². The third-order valence-corrected chi connectivity index (χ3v) is 5.05. The maximum absolute atomic E-state index is 6.00. The molecule has 4 atom stereocenters. The minimum Gasteiger partial charge on any atom is -0.375 e. The highest BCUT2D eigenvalue weighted by Gasteiger charge is 2.44. The van der Waals surface area contributed by atoms with E-state index in [-0.39, 0.29) is 0 Å². The minimum absolute atomic E-state index is 0.499. The van der Waals surface area contributed by atoms with Crippen molar-refractivity contribution in [2.24, 2.45) is 5.92 Å². The van der Waals surface area contributed by atoms with Crippen LogP contribution in [0.3, 0.4) is 0 Å². The summed E-state index contributed by atoms with van der Waals surface area (Å²) < 4.78 is 6.00. The molecule has 4 heteroatoms. The van der Waals surface area contributed by atoms with Crippen molar-refractivity contribution in [3.63, 3.8) is 0 Å². The summed E-state index contributed by atoms with van der Waals surface area (Å²) in [6.07, 6.45) is 5.86. The first kappa shape index (κ1) is 12.6. The van der Waals surface area contributed by atoms with Crippen LogP contribution in [0.15, 0.2) is 5.38 Å². The van der Waals surface area contributed by atoms with Gasteiger partial charge < -0.3 is 10.1 Å². The molecule has 100 valence electrons. The van der Waals surface area contributed by atoms with Gasteiger partial charge in [-0.2, -0.15) is 0 Å². The van der Waals surface area contributed by atoms with Gasteiger partial charge >= 0.3 is 0 Å². The van der Waals surface area contributed by atoms with Crippen LogP contribution in [0.1, 0.15) is 36.9 Å². The second kappa shape index (κ2) is 5.27. The predicted molar refractivity (Wildman–Crippen MR) is 74.0 cm³/mol. The molecule has 3 rings (SSSR count). The van der Waals surface area contributed by atoms with Crippen molar-refractivity contribution >= 4 is 11.3 Å². The highest BCUT2D eigenvalue weighted by atomic mass is 32.1. The normalized spacial score (nSPS) is 32.0. The molecule has 0 saturated carbocycles. The highest BCUT2D eigenvalue weighted by molar-refractivity contribution is 7.09. The molecule has 0 amide bonds. The molecular weight excluding hydrogens is 244 g/mol. The molecule has 1 aromatic rings. The van der Waals surface area contributed by atoms with Crippen molar-refractivity contribution < 1.29 is 4.74 Å². The van der Waals surface area contributed by atoms with Crippen molar-refractivity contribution in [2.45, 2.75) is 57.8 Å². The van der Waals surface area contributed by atoms with Crippen LogP contribution in [0.2, 0.25) is 0 Å². The second-order valence-electron chi connectivity index (χ2n) is 5.50. The fourth-order valence-electron chi connectivity index (χ4n) is 3.46. The van der Waals surface area contributed by atoms with E-state index in [4.69, 9.17) is 4.74 Å². The molecule has 1 N–H and O–H groups in total. The van der Waals surface area contributed by atoms with E-state index in [1.54, 1.807) is 11.3 Å². The van der Waals surface area contributed by atoms with Crippen molar-refractivity contribution in [3.8, 4) is 0 Å². The largest absolute Gasteiger partial charge is 0.375 e. The summed E-state index contributed by atoms with van der Waals surface area (Å²) in [6, 6.07) is 0.534. The van der Waals surface area contributed by atoms with Gasteiger partial charge in [-0.3, -0.25) is 0 Å². The van der Waals surface area contributed by atoms with Crippen molar-refractivity contribution in [1.29, 1.82) is 0 Å². The Bertz CT molecular complexity index is 406. The van der Waals surface area contributed by atoms with Gasteiger partial charge in [0.1, 0.15) is 0 Å². The first-order valence-electron chi connectivity index (χ1n) is 7.06. The van der Waals surface area contributed by atoms with Crippen LogP contribution in [0, 0.1) is 12.8 Å². The third kappa shape index (κ3) is 2.46. The topological polar surface area (TPSA) is 34.2 Å². The zero-order chi connectivity index (χ0) is 12.5. The summed E-state index contributed by atoms with van der Waals surface area (Å²) in [7, 11) is 0. The Kier molecular flexibility index (Phi) is 3.68. The second-order valence-corrected chi connectivity index (χ2v) is 6.56. The number of hydrogen-bond donors (Lipinski definition) is 1. The van der Waals surface area contributed by atoms with Gasteiger partial charge in [-0.05, 0) is 32.7 Å². The number of likely N-dealkylation sites (N-methyl/N-ethyl adjacent to an activating group) is 1. The Hall–Kier alpha value is -0.450. The number of aromatic nitrogens is 1. The molecule has 2 saturated heterocycles. The van der Waals surface area contributed by atoms with E-state index in [9.17, 15) is 0 Å². The molecule has 0 aliphatic carbocycles. The summed E-state index contributed by atoms with van der Waals surface area (Å²) in [5, 5.41) is 7.02. The average molecular weight is 266 g/mol. The number of fused-ring (bicyclic) bond motifs is 2. The quantitative estimate of drug-likeness (QED) is 0.889. The van der Waals surface area contributed by atoms with E-state index < -0.39 is 0 Å². The summed E-state index contributed by atoms with van der Waals surface area (Å²) in [5.41, 5.74) is 1.24. The lowest BCUT2D eigenvalue weighted by Crippen LogP contribution is -2.42. The lowest BCUT2D eigenvalue weighted by Gasteiger charge is -2.28. The third-order valence-electron chi connectivity index (χ3n) is 4.23. The first-order valence-corrected chi connectivity index (χ1v) is 7.94. The van der Waals surface area contributed by atoms with E-state index >= 15 is 0 Å². The maximum atomic E-state index is 6.00. The van der Waals surface area contributed by atoms with Crippen molar-refractivity contribution in [2.75, 3.05) is 6.54 Å². The Labute approximate surface area is 113 Å². The zero-order valence-corrected chi connectivity index (χ0v) is 12.0. The summed E-state index contributed by atoms with van der Waals surface area (Å²) in [5.74, 6) is 0.686. The smallest absolute Gasteiger partial charge is 0.0897 e. The molecule has 2 bridgehead atoms. The number of hydrogen-bond acceptors (Lipinski definition) is 4. The van der Waals surface area contributed by atoms with Crippen molar-refractivity contribution in [3.05, 3.63) is 16.1 Å². The summed E-state index contributed by atoms with van der Waals surface area (Å²) >= 11 is 1.75. The molecule has 18 heavy (non-hydrogen) atoms. The number of nitrogens with one attached hydrogen (secondary N) is 1. The molecule has 3 heterocycles. The lowest BCUT2D eigenvalue weighted by molar-refractivity contribution is 0.0858. The lowest BCUT2D eigenvalue weighted by atomic mass is 9.82. The van der Waals surface area contributed by atoms with E-state index in [1.807, 2.05) is 0 Å². The molecule has 0 radical (unpaired) electrons. The van der Waals surface area contributed by atoms with Crippen molar-refractivity contribution in [1.82, 2.24) is 10.3 Å². The number of ether oxygens (including phenoxy) is 1. The molecule has 3 nitrogen and oxygen atoms in total. The van der Waals surface area contributed by atoms with Crippen LogP contribution in [-0.2, 0) is 11.2 Å². The summed E-state index contributed by atoms with van der Waals surface area (Å²) in [4.78, 5) is 4.60. The highest BCUT2D eigenvalue weighted by Crippen LogP contribution is 2.41. The fraction of sp³-hybridized carbons (Fsp3) is 0.786. The van der Waals surface area contributed by atoms with Crippen LogP contribution in [-0.4, -0.2) is 29.8 Å². The van der Waals surface area contributed by atoms with Gasteiger partial charge in [0.05, 0.1) is 22.9 Å². The van der Waals surface area contributed by atoms with Crippen LogP contribution < -0.4 is 5.32 Å². The van der Waals surface area contributed by atoms with Crippen LogP contribution in [0.4, 0.5) is 0 Å². The van der Waals surface area contributed by atoms with E-state index in [2.05, 4.69) is 29.5 Å². The van der Waals surface area contributed by atoms with Gasteiger partial charge in [-0.1, -0.05) is 6.92 Å². The number of rotatable bonds is 5. The molecule has 0 aromatic carbocycles. The van der Waals surface area contributed by atoms with Gasteiger partial charge in [0.2, 0.25) is 0 Å². The average Bonchev–Trinajstić information content (AvgIpc) is 3.05.